The lowest BCUT2D eigenvalue weighted by Crippen LogP contribution is -2.52. The SMILES string of the molecule is Cc1ccc(NC(=O)N2CCCC2(C)C(=O)O)cc1. The van der Waals surface area contributed by atoms with Gasteiger partial charge in [0.25, 0.3) is 0 Å². The molecule has 2 rings (SSSR count). The van der Waals surface area contributed by atoms with Gasteiger partial charge in [-0.1, -0.05) is 17.7 Å². The fourth-order valence-electron chi connectivity index (χ4n) is 2.34. The number of carbonyl (C=O) groups excluding carboxylic acids is 1. The Labute approximate surface area is 112 Å². The number of carboxylic acids is 1. The summed E-state index contributed by atoms with van der Waals surface area (Å²) in [6.07, 6.45) is 1.20. The van der Waals surface area contributed by atoms with E-state index in [1.807, 2.05) is 19.1 Å². The maximum Gasteiger partial charge on any atom is 0.329 e. The normalized spacial score (nSPS) is 22.3. The van der Waals surface area contributed by atoms with Crippen molar-refractivity contribution in [2.45, 2.75) is 32.2 Å². The molecule has 1 fully saturated rings. The summed E-state index contributed by atoms with van der Waals surface area (Å²) in [5.74, 6) is -0.955. The molecule has 5 nitrogen and oxygen atoms in total. The predicted molar refractivity (Wildman–Crippen MR) is 72.2 cm³/mol. The first-order chi connectivity index (χ1) is 8.93. The lowest BCUT2D eigenvalue weighted by Gasteiger charge is -2.31. The highest BCUT2D eigenvalue weighted by molar-refractivity contribution is 5.94. The molecule has 5 heteroatoms. The van der Waals surface area contributed by atoms with E-state index in [2.05, 4.69) is 5.32 Å². The molecular formula is C14H18N2O3. The molecule has 0 bridgehead atoms. The number of carboxylic acid groups (broad SMARTS) is 1. The smallest absolute Gasteiger partial charge is 0.329 e. The topological polar surface area (TPSA) is 69.6 Å². The Morgan fingerprint density at radius 3 is 2.53 bits per heavy atom. The van der Waals surface area contributed by atoms with Crippen molar-refractivity contribution in [1.29, 1.82) is 0 Å². The summed E-state index contributed by atoms with van der Waals surface area (Å²) in [6.45, 7) is 4.03. The van der Waals surface area contributed by atoms with Crippen molar-refractivity contribution in [1.82, 2.24) is 4.90 Å². The van der Waals surface area contributed by atoms with E-state index in [4.69, 9.17) is 0 Å². The van der Waals surface area contributed by atoms with E-state index in [-0.39, 0.29) is 6.03 Å². The first kappa shape index (κ1) is 13.4. The van der Waals surface area contributed by atoms with Crippen LogP contribution in [0.15, 0.2) is 24.3 Å². The standard InChI is InChI=1S/C14H18N2O3/c1-10-4-6-11(7-5-10)15-13(19)16-9-3-8-14(16,2)12(17)18/h4-7H,3,8-9H2,1-2H3,(H,15,19)(H,17,18). The fraction of sp³-hybridized carbons (Fsp3) is 0.429. The number of hydrogen-bond acceptors (Lipinski definition) is 2. The monoisotopic (exact) mass is 262 g/mol. The van der Waals surface area contributed by atoms with Crippen LogP contribution in [0.3, 0.4) is 0 Å². The average Bonchev–Trinajstić information content (AvgIpc) is 2.76. The van der Waals surface area contributed by atoms with E-state index in [0.29, 0.717) is 25.1 Å². The molecule has 1 heterocycles. The second kappa shape index (κ2) is 4.91. The van der Waals surface area contributed by atoms with Gasteiger partial charge < -0.3 is 15.3 Å². The van der Waals surface area contributed by atoms with E-state index < -0.39 is 11.5 Å². The summed E-state index contributed by atoms with van der Waals surface area (Å²) in [5.41, 5.74) is 0.680. The molecule has 2 amide bonds. The lowest BCUT2D eigenvalue weighted by atomic mass is 10.00. The van der Waals surface area contributed by atoms with Crippen molar-refractivity contribution in [3.63, 3.8) is 0 Å². The minimum Gasteiger partial charge on any atom is -0.480 e. The van der Waals surface area contributed by atoms with Gasteiger partial charge >= 0.3 is 12.0 Å². The van der Waals surface area contributed by atoms with Crippen LogP contribution >= 0.6 is 0 Å². The Morgan fingerprint density at radius 2 is 1.95 bits per heavy atom. The first-order valence-corrected chi connectivity index (χ1v) is 6.32. The molecule has 1 aromatic rings. The van der Waals surface area contributed by atoms with Crippen LogP contribution in [0.25, 0.3) is 0 Å². The highest BCUT2D eigenvalue weighted by atomic mass is 16.4. The molecule has 102 valence electrons. The van der Waals surface area contributed by atoms with E-state index in [1.54, 1.807) is 19.1 Å². The van der Waals surface area contributed by atoms with Gasteiger partial charge in [0.15, 0.2) is 0 Å². The van der Waals surface area contributed by atoms with E-state index in [0.717, 1.165) is 5.56 Å². The molecule has 1 unspecified atom stereocenters. The molecule has 2 N–H and O–H groups in total. The third kappa shape index (κ3) is 2.54. The van der Waals surface area contributed by atoms with Crippen molar-refractivity contribution in [3.8, 4) is 0 Å². The Balaban J connectivity index is 2.11. The molecule has 0 saturated carbocycles. The molecular weight excluding hydrogens is 244 g/mol. The van der Waals surface area contributed by atoms with Crippen LogP contribution in [0.5, 0.6) is 0 Å². The van der Waals surface area contributed by atoms with Gasteiger partial charge in [0.2, 0.25) is 0 Å². The summed E-state index contributed by atoms with van der Waals surface area (Å²) in [4.78, 5) is 24.9. The third-order valence-electron chi connectivity index (χ3n) is 3.65. The summed E-state index contributed by atoms with van der Waals surface area (Å²) in [7, 11) is 0. The number of anilines is 1. The second-order valence-corrected chi connectivity index (χ2v) is 5.13. The number of nitrogens with zero attached hydrogens (tertiary/aromatic N) is 1. The highest BCUT2D eigenvalue weighted by Gasteiger charge is 2.45. The highest BCUT2D eigenvalue weighted by Crippen LogP contribution is 2.29. The number of hydrogen-bond donors (Lipinski definition) is 2. The summed E-state index contributed by atoms with van der Waals surface area (Å²) in [6, 6.07) is 7.06. The molecule has 1 aromatic carbocycles. The van der Waals surface area contributed by atoms with E-state index >= 15 is 0 Å². The van der Waals surface area contributed by atoms with Gasteiger partial charge in [0.05, 0.1) is 0 Å². The third-order valence-corrected chi connectivity index (χ3v) is 3.65. The molecule has 0 aliphatic carbocycles. The number of urea groups is 1. The van der Waals surface area contributed by atoms with Gasteiger partial charge in [-0.15, -0.1) is 0 Å². The zero-order valence-electron chi connectivity index (χ0n) is 11.1. The number of rotatable bonds is 2. The molecule has 1 saturated heterocycles. The number of nitrogens with one attached hydrogen (secondary N) is 1. The maximum absolute atomic E-state index is 12.2. The quantitative estimate of drug-likeness (QED) is 0.860. The van der Waals surface area contributed by atoms with E-state index in [1.165, 1.54) is 4.90 Å². The molecule has 0 spiro atoms. The van der Waals surface area contributed by atoms with E-state index in [9.17, 15) is 14.7 Å². The first-order valence-electron chi connectivity index (χ1n) is 6.32. The Hall–Kier alpha value is -2.04. The second-order valence-electron chi connectivity index (χ2n) is 5.13. The number of aryl methyl sites for hydroxylation is 1. The van der Waals surface area contributed by atoms with Crippen LogP contribution in [-0.2, 0) is 4.79 Å². The van der Waals surface area contributed by atoms with Gasteiger partial charge in [0, 0.05) is 12.2 Å². The maximum atomic E-state index is 12.2. The van der Waals surface area contributed by atoms with Crippen molar-refractivity contribution in [2.24, 2.45) is 0 Å². The number of carbonyl (C=O) groups is 2. The minimum atomic E-state index is -1.10. The van der Waals surface area contributed by atoms with Gasteiger partial charge in [-0.3, -0.25) is 0 Å². The van der Waals surface area contributed by atoms with Gasteiger partial charge in [-0.2, -0.15) is 0 Å². The van der Waals surface area contributed by atoms with Crippen LogP contribution in [0.1, 0.15) is 25.3 Å². The average molecular weight is 262 g/mol. The number of likely N-dealkylation sites (tertiary alicyclic amines) is 1. The Bertz CT molecular complexity index is 498. The zero-order chi connectivity index (χ0) is 14.0. The van der Waals surface area contributed by atoms with Gasteiger partial charge in [0.1, 0.15) is 5.54 Å². The zero-order valence-corrected chi connectivity index (χ0v) is 11.1. The largest absolute Gasteiger partial charge is 0.480 e. The summed E-state index contributed by atoms with van der Waals surface area (Å²) in [5, 5.41) is 12.0. The van der Waals surface area contributed by atoms with Crippen molar-refractivity contribution in [2.75, 3.05) is 11.9 Å². The predicted octanol–water partition coefficient (Wildman–Crippen LogP) is 2.47. The van der Waals surface area contributed by atoms with Crippen LogP contribution < -0.4 is 5.32 Å². The molecule has 0 radical (unpaired) electrons. The van der Waals surface area contributed by atoms with Crippen molar-refractivity contribution >= 4 is 17.7 Å². The van der Waals surface area contributed by atoms with Crippen molar-refractivity contribution < 1.29 is 14.7 Å². The van der Waals surface area contributed by atoms with Crippen molar-refractivity contribution in [3.05, 3.63) is 29.8 Å². The minimum absolute atomic E-state index is 0.355. The van der Waals surface area contributed by atoms with Crippen LogP contribution in [0.4, 0.5) is 10.5 Å². The van der Waals surface area contributed by atoms with Gasteiger partial charge in [-0.25, -0.2) is 9.59 Å². The van der Waals surface area contributed by atoms with Gasteiger partial charge in [-0.05, 0) is 38.8 Å². The Kier molecular flexibility index (Phi) is 3.46. The molecule has 1 aliphatic rings. The summed E-state index contributed by atoms with van der Waals surface area (Å²) >= 11 is 0. The number of aliphatic carboxylic acids is 1. The fourth-order valence-corrected chi connectivity index (χ4v) is 2.34. The molecule has 0 aromatic heterocycles. The number of amides is 2. The molecule has 1 aliphatic heterocycles. The lowest BCUT2D eigenvalue weighted by molar-refractivity contribution is -0.146. The van der Waals surface area contributed by atoms with Crippen LogP contribution in [0, 0.1) is 6.92 Å². The molecule has 19 heavy (non-hydrogen) atoms. The Morgan fingerprint density at radius 1 is 1.32 bits per heavy atom. The van der Waals surface area contributed by atoms with Crippen LogP contribution in [-0.4, -0.2) is 34.1 Å². The van der Waals surface area contributed by atoms with Crippen LogP contribution in [0.2, 0.25) is 0 Å². The molecule has 1 atom stereocenters. The number of benzene rings is 1. The summed E-state index contributed by atoms with van der Waals surface area (Å²) < 4.78 is 0.